The number of rotatable bonds is 5. The topological polar surface area (TPSA) is 54.3 Å². The van der Waals surface area contributed by atoms with Gasteiger partial charge in [-0.1, -0.05) is 35.9 Å². The summed E-state index contributed by atoms with van der Waals surface area (Å²) in [4.78, 5) is 28.1. The molecule has 2 aliphatic rings. The monoisotopic (exact) mass is 431 g/mol. The molecule has 3 aromatic rings. The minimum absolute atomic E-state index is 0.0853. The third kappa shape index (κ3) is 3.98. The van der Waals surface area contributed by atoms with Crippen LogP contribution in [0.5, 0.6) is 0 Å². The summed E-state index contributed by atoms with van der Waals surface area (Å²) in [7, 11) is 0. The molecule has 0 amide bonds. The summed E-state index contributed by atoms with van der Waals surface area (Å²) in [6.07, 6.45) is 6.79. The van der Waals surface area contributed by atoms with E-state index in [0.29, 0.717) is 11.2 Å². The van der Waals surface area contributed by atoms with Gasteiger partial charge in [0.15, 0.2) is 5.78 Å². The van der Waals surface area contributed by atoms with Gasteiger partial charge in [-0.25, -0.2) is 4.39 Å². The lowest BCUT2D eigenvalue weighted by atomic mass is 10.1. The van der Waals surface area contributed by atoms with E-state index in [1.807, 2.05) is 40.7 Å². The second-order valence-corrected chi connectivity index (χ2v) is 8.68. The van der Waals surface area contributed by atoms with Crippen molar-refractivity contribution in [3.8, 4) is 0 Å². The van der Waals surface area contributed by atoms with Gasteiger partial charge in [0.25, 0.3) is 0 Å². The molecule has 0 bridgehead atoms. The maximum atomic E-state index is 15.1. The fourth-order valence-electron chi connectivity index (χ4n) is 4.28. The van der Waals surface area contributed by atoms with Crippen molar-refractivity contribution in [2.75, 3.05) is 31.1 Å². The van der Waals surface area contributed by atoms with Crippen LogP contribution >= 0.6 is 0 Å². The van der Waals surface area contributed by atoms with Crippen molar-refractivity contribution < 1.29 is 9.18 Å². The van der Waals surface area contributed by atoms with Gasteiger partial charge in [-0.05, 0) is 43.5 Å². The number of carbonyl (C=O) groups is 1. The summed E-state index contributed by atoms with van der Waals surface area (Å²) >= 11 is 0. The molecule has 2 heterocycles. The molecule has 1 aliphatic carbocycles. The number of ketones is 1. The number of aromatic nitrogens is 1. The van der Waals surface area contributed by atoms with Crippen LogP contribution < -0.4 is 15.6 Å². The Labute approximate surface area is 186 Å². The fraction of sp³-hybridized carbons (Fsp3) is 0.308. The summed E-state index contributed by atoms with van der Waals surface area (Å²) in [5.41, 5.74) is 2.91. The van der Waals surface area contributed by atoms with Crippen LogP contribution in [0.25, 0.3) is 17.0 Å². The minimum atomic E-state index is -0.418. The zero-order valence-corrected chi connectivity index (χ0v) is 18.1. The van der Waals surface area contributed by atoms with E-state index in [1.54, 1.807) is 18.3 Å². The zero-order chi connectivity index (χ0) is 22.2. The van der Waals surface area contributed by atoms with Crippen LogP contribution in [0.4, 0.5) is 10.1 Å². The van der Waals surface area contributed by atoms with Crippen molar-refractivity contribution >= 4 is 28.4 Å². The molecular formula is C26H26FN3O2. The number of carbonyl (C=O) groups excluding carboxylic acids is 1. The van der Waals surface area contributed by atoms with Crippen LogP contribution in [0.15, 0.2) is 53.5 Å². The molecule has 5 nitrogen and oxygen atoms in total. The molecule has 1 saturated heterocycles. The van der Waals surface area contributed by atoms with Crippen molar-refractivity contribution in [3.05, 3.63) is 81.4 Å². The number of nitrogens with zero attached hydrogens (tertiary/aromatic N) is 2. The van der Waals surface area contributed by atoms with Crippen molar-refractivity contribution in [2.24, 2.45) is 0 Å². The number of benzene rings is 2. The number of pyridine rings is 1. The molecule has 2 aromatic carbocycles. The summed E-state index contributed by atoms with van der Waals surface area (Å²) in [6, 6.07) is 11.1. The highest BCUT2D eigenvalue weighted by atomic mass is 19.1. The Kier molecular flexibility index (Phi) is 5.39. The molecule has 2 fully saturated rings. The number of hydrogen-bond acceptors (Lipinski definition) is 4. The summed E-state index contributed by atoms with van der Waals surface area (Å²) in [5, 5.41) is 3.54. The van der Waals surface area contributed by atoms with Crippen LogP contribution in [-0.2, 0) is 0 Å². The van der Waals surface area contributed by atoms with E-state index in [-0.39, 0.29) is 22.8 Å². The number of anilines is 1. The molecule has 6 heteroatoms. The van der Waals surface area contributed by atoms with Crippen molar-refractivity contribution in [3.63, 3.8) is 0 Å². The molecule has 5 rings (SSSR count). The van der Waals surface area contributed by atoms with E-state index >= 15 is 4.39 Å². The van der Waals surface area contributed by atoms with E-state index < -0.39 is 11.2 Å². The highest BCUT2D eigenvalue weighted by molar-refractivity contribution is 6.08. The Bertz CT molecular complexity index is 1270. The van der Waals surface area contributed by atoms with Crippen LogP contribution in [0.3, 0.4) is 0 Å². The normalized spacial score (nSPS) is 16.8. The Balaban J connectivity index is 1.57. The van der Waals surface area contributed by atoms with Gasteiger partial charge in [-0.2, -0.15) is 0 Å². The molecule has 1 aromatic heterocycles. The van der Waals surface area contributed by atoms with E-state index in [9.17, 15) is 9.59 Å². The standard InChI is InChI=1S/C26H26FN3O2/c1-17-2-4-18(5-3-17)6-9-25(31)21-16-30(19-7-8-19)23-15-24(29-12-10-28-11-13-29)22(27)14-20(23)26(21)32/h2-6,9,14-16,19,28H,7-8,10-13H2,1H3/b9-6+. The number of allylic oxidation sites excluding steroid dienone is 1. The highest BCUT2D eigenvalue weighted by Gasteiger charge is 2.27. The van der Waals surface area contributed by atoms with Crippen molar-refractivity contribution in [1.82, 2.24) is 9.88 Å². The number of hydrogen-bond donors (Lipinski definition) is 1. The molecule has 1 saturated carbocycles. The second kappa shape index (κ2) is 8.36. The summed E-state index contributed by atoms with van der Waals surface area (Å²) in [6.45, 7) is 5.04. The summed E-state index contributed by atoms with van der Waals surface area (Å²) in [5.74, 6) is -0.780. The van der Waals surface area contributed by atoms with Gasteiger partial charge in [0, 0.05) is 43.8 Å². The number of fused-ring (bicyclic) bond motifs is 1. The van der Waals surface area contributed by atoms with Crippen LogP contribution in [0.1, 0.15) is 40.4 Å². The fourth-order valence-corrected chi connectivity index (χ4v) is 4.28. The molecule has 0 radical (unpaired) electrons. The lowest BCUT2D eigenvalue weighted by Crippen LogP contribution is -2.43. The predicted molar refractivity (Wildman–Crippen MR) is 126 cm³/mol. The third-order valence-electron chi connectivity index (χ3n) is 6.27. The first-order valence-electron chi connectivity index (χ1n) is 11.1. The van der Waals surface area contributed by atoms with E-state index in [4.69, 9.17) is 0 Å². The number of aryl methyl sites for hydroxylation is 1. The average molecular weight is 432 g/mol. The van der Waals surface area contributed by atoms with Crippen LogP contribution in [-0.4, -0.2) is 36.5 Å². The number of halogens is 1. The molecular weight excluding hydrogens is 405 g/mol. The first-order valence-corrected chi connectivity index (χ1v) is 11.1. The largest absolute Gasteiger partial charge is 0.367 e. The Morgan fingerprint density at radius 3 is 2.53 bits per heavy atom. The smallest absolute Gasteiger partial charge is 0.200 e. The van der Waals surface area contributed by atoms with E-state index in [2.05, 4.69) is 5.32 Å². The first kappa shape index (κ1) is 20.6. The van der Waals surface area contributed by atoms with E-state index in [1.165, 1.54) is 12.1 Å². The lowest BCUT2D eigenvalue weighted by molar-refractivity contribution is 0.104. The molecule has 1 N–H and O–H groups in total. The number of piperazine rings is 1. The quantitative estimate of drug-likeness (QED) is 0.488. The van der Waals surface area contributed by atoms with Gasteiger partial charge in [0.2, 0.25) is 5.43 Å². The SMILES string of the molecule is Cc1ccc(/C=C/C(=O)c2cn(C3CC3)c3cc(N4CCNCC4)c(F)cc3c2=O)cc1. The Morgan fingerprint density at radius 1 is 1.12 bits per heavy atom. The molecule has 32 heavy (non-hydrogen) atoms. The molecule has 164 valence electrons. The van der Waals surface area contributed by atoms with E-state index in [0.717, 1.165) is 50.1 Å². The highest BCUT2D eigenvalue weighted by Crippen LogP contribution is 2.38. The first-order chi connectivity index (χ1) is 15.5. The second-order valence-electron chi connectivity index (χ2n) is 8.68. The molecule has 1 aliphatic heterocycles. The van der Waals surface area contributed by atoms with Crippen molar-refractivity contribution in [1.29, 1.82) is 0 Å². The minimum Gasteiger partial charge on any atom is -0.367 e. The zero-order valence-electron chi connectivity index (χ0n) is 18.1. The van der Waals surface area contributed by atoms with Crippen LogP contribution in [0.2, 0.25) is 0 Å². The van der Waals surface area contributed by atoms with Gasteiger partial charge in [0.1, 0.15) is 5.82 Å². The van der Waals surface area contributed by atoms with Gasteiger partial charge in [0.05, 0.1) is 16.8 Å². The Hall–Kier alpha value is -3.25. The van der Waals surface area contributed by atoms with Crippen LogP contribution in [0, 0.1) is 12.7 Å². The predicted octanol–water partition coefficient (Wildman–Crippen LogP) is 4.09. The Morgan fingerprint density at radius 2 is 1.84 bits per heavy atom. The molecule has 0 unspecified atom stereocenters. The average Bonchev–Trinajstić information content (AvgIpc) is 3.65. The maximum absolute atomic E-state index is 15.1. The lowest BCUT2D eigenvalue weighted by Gasteiger charge is -2.30. The maximum Gasteiger partial charge on any atom is 0.200 e. The third-order valence-corrected chi connectivity index (χ3v) is 6.27. The summed E-state index contributed by atoms with van der Waals surface area (Å²) < 4.78 is 17.1. The van der Waals surface area contributed by atoms with Crippen molar-refractivity contribution in [2.45, 2.75) is 25.8 Å². The molecule has 0 spiro atoms. The van der Waals surface area contributed by atoms with Gasteiger partial charge < -0.3 is 14.8 Å². The van der Waals surface area contributed by atoms with Gasteiger partial charge >= 0.3 is 0 Å². The number of nitrogens with one attached hydrogen (secondary N) is 1. The van der Waals surface area contributed by atoms with Gasteiger partial charge in [-0.3, -0.25) is 9.59 Å². The molecule has 0 atom stereocenters. The van der Waals surface area contributed by atoms with Gasteiger partial charge in [-0.15, -0.1) is 0 Å².